The van der Waals surface area contributed by atoms with Crippen LogP contribution in [0.15, 0.2) is 40.0 Å². The van der Waals surface area contributed by atoms with E-state index in [1.54, 1.807) is 0 Å². The summed E-state index contributed by atoms with van der Waals surface area (Å²) >= 11 is 10.3. The molecule has 0 amide bonds. The molecule has 22 heavy (non-hydrogen) atoms. The molecule has 0 fully saturated rings. The summed E-state index contributed by atoms with van der Waals surface area (Å²) in [6.07, 6.45) is 0. The number of halogens is 1. The van der Waals surface area contributed by atoms with E-state index in [1.807, 2.05) is 38.1 Å². The second-order valence-corrected chi connectivity index (χ2v) is 5.79. The molecule has 2 aromatic rings. The number of rotatable bonds is 2. The van der Waals surface area contributed by atoms with Gasteiger partial charge in [-0.15, -0.1) is 23.0 Å². The number of nitrogens with one attached hydrogen (secondary N) is 2. The number of allylic oxidation sites excluding steroid dienone is 2. The van der Waals surface area contributed by atoms with Crippen LogP contribution < -0.4 is 16.6 Å². The lowest BCUT2D eigenvalue weighted by atomic mass is 10.1. The van der Waals surface area contributed by atoms with E-state index in [1.165, 1.54) is 5.23 Å². The summed E-state index contributed by atoms with van der Waals surface area (Å²) in [5, 5.41) is 6.75. The fourth-order valence-electron chi connectivity index (χ4n) is 2.16. The zero-order valence-corrected chi connectivity index (χ0v) is 13.7. The number of fused-ring (bicyclic) bond motifs is 1. The Labute approximate surface area is 138 Å². The summed E-state index contributed by atoms with van der Waals surface area (Å²) in [5.41, 5.74) is 16.2. The molecule has 0 saturated carbocycles. The molecule has 0 unspecified atom stereocenters. The number of hydrazone groups is 1. The molecule has 1 aromatic heterocycles. The van der Waals surface area contributed by atoms with E-state index in [4.69, 9.17) is 17.3 Å². The van der Waals surface area contributed by atoms with Crippen LogP contribution in [0, 0.1) is 6.92 Å². The first-order valence-electron chi connectivity index (χ1n) is 6.58. The molecule has 3 rings (SSSR count). The Morgan fingerprint density at radius 2 is 2.09 bits per heavy atom. The lowest BCUT2D eigenvalue weighted by Crippen LogP contribution is -2.40. The average molecular weight is 335 g/mol. The van der Waals surface area contributed by atoms with Gasteiger partial charge in [0.15, 0.2) is 5.17 Å². The van der Waals surface area contributed by atoms with E-state index in [-0.39, 0.29) is 0 Å². The number of pyridine rings is 1. The summed E-state index contributed by atoms with van der Waals surface area (Å²) in [4.78, 5) is 5.07. The first-order chi connectivity index (χ1) is 10.4. The van der Waals surface area contributed by atoms with Crippen LogP contribution in [0.4, 0.5) is 11.4 Å². The molecule has 0 spiro atoms. The molecule has 6 nitrogen and oxygen atoms in total. The Hall–Kier alpha value is -2.12. The van der Waals surface area contributed by atoms with Crippen molar-refractivity contribution in [3.05, 3.63) is 40.6 Å². The highest BCUT2D eigenvalue weighted by molar-refractivity contribution is 7.86. The molecule has 0 saturated heterocycles. The first kappa shape index (κ1) is 14.8. The van der Waals surface area contributed by atoms with E-state index < -0.39 is 0 Å². The number of hydrogen-bond donors (Lipinski definition) is 4. The van der Waals surface area contributed by atoms with Crippen molar-refractivity contribution in [2.45, 2.75) is 13.8 Å². The zero-order chi connectivity index (χ0) is 15.9. The number of nitrogen functional groups attached to an aromatic ring is 1. The topological polar surface area (TPSA) is 78.6 Å². The van der Waals surface area contributed by atoms with Crippen molar-refractivity contribution in [2.24, 2.45) is 5.10 Å². The van der Waals surface area contributed by atoms with Crippen LogP contribution in [0.2, 0.25) is 0 Å². The Morgan fingerprint density at radius 3 is 2.82 bits per heavy atom. The molecule has 1 aliphatic heterocycles. The molecule has 0 radical (unpaired) electrons. The number of benzene rings is 1. The van der Waals surface area contributed by atoms with Crippen molar-refractivity contribution < 1.29 is 0 Å². The SMILES string of the molecule is CC1=C(S)C(Cl)=NN(Nc2ccc3nc(C)cc(N)c3c2)N1. The molecule has 114 valence electrons. The van der Waals surface area contributed by atoms with Crippen LogP contribution >= 0.6 is 24.2 Å². The van der Waals surface area contributed by atoms with Crippen LogP contribution in [0.5, 0.6) is 0 Å². The fraction of sp³-hybridized carbons (Fsp3) is 0.143. The Kier molecular flexibility index (Phi) is 3.76. The van der Waals surface area contributed by atoms with Gasteiger partial charge in [0.05, 0.1) is 16.1 Å². The number of nitrogens with two attached hydrogens (primary N) is 1. The maximum Gasteiger partial charge on any atom is 0.168 e. The lowest BCUT2D eigenvalue weighted by Gasteiger charge is -2.27. The molecule has 0 bridgehead atoms. The van der Waals surface area contributed by atoms with Crippen LogP contribution in [0.3, 0.4) is 0 Å². The van der Waals surface area contributed by atoms with Gasteiger partial charge in [-0.05, 0) is 38.1 Å². The molecule has 0 aliphatic carbocycles. The van der Waals surface area contributed by atoms with Gasteiger partial charge in [0.2, 0.25) is 0 Å². The molecule has 1 aromatic carbocycles. The summed E-state index contributed by atoms with van der Waals surface area (Å²) in [5.74, 6) is 0. The third-order valence-corrected chi connectivity index (χ3v) is 4.16. The van der Waals surface area contributed by atoms with Crippen molar-refractivity contribution in [2.75, 3.05) is 11.2 Å². The minimum atomic E-state index is 0.310. The highest BCUT2D eigenvalue weighted by Crippen LogP contribution is 2.25. The largest absolute Gasteiger partial charge is 0.398 e. The highest BCUT2D eigenvalue weighted by atomic mass is 35.5. The third-order valence-electron chi connectivity index (χ3n) is 3.22. The second-order valence-electron chi connectivity index (χ2n) is 4.98. The van der Waals surface area contributed by atoms with Crippen molar-refractivity contribution in [1.82, 2.24) is 15.6 Å². The van der Waals surface area contributed by atoms with E-state index >= 15 is 0 Å². The number of aryl methyl sites for hydroxylation is 1. The minimum absolute atomic E-state index is 0.310. The quantitative estimate of drug-likeness (QED) is 0.635. The molecule has 2 heterocycles. The van der Waals surface area contributed by atoms with E-state index in [9.17, 15) is 0 Å². The number of hydrogen-bond acceptors (Lipinski definition) is 7. The summed E-state index contributed by atoms with van der Waals surface area (Å²) in [7, 11) is 0. The molecule has 0 atom stereocenters. The average Bonchev–Trinajstić information content (AvgIpc) is 2.45. The van der Waals surface area contributed by atoms with Gasteiger partial charge >= 0.3 is 0 Å². The number of anilines is 2. The molecule has 1 aliphatic rings. The standard InChI is InChI=1S/C14H15ClN6S/c1-7-5-11(16)10-6-9(3-4-12(10)17-7)19-21-18-8(2)13(22)14(15)20-21/h3-6,18-19,22H,1-2H3,(H2,16,17). The van der Waals surface area contributed by atoms with E-state index in [2.05, 4.69) is 33.6 Å². The summed E-state index contributed by atoms with van der Waals surface area (Å²) in [6.45, 7) is 3.78. The van der Waals surface area contributed by atoms with Crippen molar-refractivity contribution in [3.8, 4) is 0 Å². The minimum Gasteiger partial charge on any atom is -0.398 e. The Bertz CT molecular complexity index is 816. The van der Waals surface area contributed by atoms with Gasteiger partial charge in [0.25, 0.3) is 0 Å². The van der Waals surface area contributed by atoms with Crippen LogP contribution in [-0.2, 0) is 0 Å². The highest BCUT2D eigenvalue weighted by Gasteiger charge is 2.15. The number of hydrazine groups is 2. The zero-order valence-electron chi connectivity index (χ0n) is 12.1. The van der Waals surface area contributed by atoms with Crippen LogP contribution in [0.1, 0.15) is 12.6 Å². The fourth-order valence-corrected chi connectivity index (χ4v) is 2.47. The van der Waals surface area contributed by atoms with Gasteiger partial charge in [0, 0.05) is 22.5 Å². The lowest BCUT2D eigenvalue weighted by molar-refractivity contribution is 0.271. The second kappa shape index (κ2) is 5.58. The summed E-state index contributed by atoms with van der Waals surface area (Å²) in [6, 6.07) is 7.56. The maximum atomic E-state index is 6.06. The van der Waals surface area contributed by atoms with E-state index in [0.717, 1.165) is 28.0 Å². The monoisotopic (exact) mass is 334 g/mol. The van der Waals surface area contributed by atoms with Gasteiger partial charge in [-0.3, -0.25) is 15.8 Å². The predicted molar refractivity (Wildman–Crippen MR) is 94.5 cm³/mol. The number of aromatic nitrogens is 1. The Morgan fingerprint density at radius 1 is 1.32 bits per heavy atom. The van der Waals surface area contributed by atoms with Crippen LogP contribution in [0.25, 0.3) is 10.9 Å². The van der Waals surface area contributed by atoms with Gasteiger partial charge < -0.3 is 5.73 Å². The molecule has 4 N–H and O–H groups in total. The molecular weight excluding hydrogens is 320 g/mol. The number of nitrogens with zero attached hydrogens (tertiary/aromatic N) is 3. The molecule has 8 heteroatoms. The van der Waals surface area contributed by atoms with Crippen molar-refractivity contribution in [3.63, 3.8) is 0 Å². The number of thiol groups is 1. The molecular formula is C14H15ClN6S. The van der Waals surface area contributed by atoms with Gasteiger partial charge in [0.1, 0.15) is 0 Å². The predicted octanol–water partition coefficient (Wildman–Crippen LogP) is 2.99. The van der Waals surface area contributed by atoms with Gasteiger partial charge in [-0.2, -0.15) is 0 Å². The van der Waals surface area contributed by atoms with Crippen molar-refractivity contribution in [1.29, 1.82) is 0 Å². The van der Waals surface area contributed by atoms with E-state index in [0.29, 0.717) is 15.8 Å². The van der Waals surface area contributed by atoms with Gasteiger partial charge in [-0.1, -0.05) is 11.6 Å². The van der Waals surface area contributed by atoms with Crippen LogP contribution in [-0.4, -0.2) is 15.4 Å². The summed E-state index contributed by atoms with van der Waals surface area (Å²) < 4.78 is 0. The van der Waals surface area contributed by atoms with Crippen molar-refractivity contribution >= 4 is 51.7 Å². The maximum absolute atomic E-state index is 6.06. The smallest absolute Gasteiger partial charge is 0.168 e. The Balaban J connectivity index is 1.90. The first-order valence-corrected chi connectivity index (χ1v) is 7.41. The van der Waals surface area contributed by atoms with Gasteiger partial charge in [-0.25, -0.2) is 0 Å². The third kappa shape index (κ3) is 2.77. The normalized spacial score (nSPS) is 14.9.